The lowest BCUT2D eigenvalue weighted by atomic mass is 10.0. The van der Waals surface area contributed by atoms with E-state index >= 15 is 0 Å². The van der Waals surface area contributed by atoms with E-state index < -0.39 is 0 Å². The standard InChI is InChI=1S/C13H24O3/c1-11(6-5-7-12(2)14)10-16-13-8-3-4-9-15-13/h11,13H,3-10H2,1-2H3/t11-,13-/m0/s1. The quantitative estimate of drug-likeness (QED) is 0.672. The van der Waals surface area contributed by atoms with Gasteiger partial charge in [0.05, 0.1) is 6.61 Å². The molecule has 3 nitrogen and oxygen atoms in total. The Labute approximate surface area is 98.5 Å². The van der Waals surface area contributed by atoms with Crippen molar-refractivity contribution in [2.45, 2.75) is 58.7 Å². The van der Waals surface area contributed by atoms with E-state index in [4.69, 9.17) is 9.47 Å². The van der Waals surface area contributed by atoms with Gasteiger partial charge in [-0.3, -0.25) is 0 Å². The Bertz CT molecular complexity index is 197. The monoisotopic (exact) mass is 228 g/mol. The highest BCUT2D eigenvalue weighted by atomic mass is 16.7. The van der Waals surface area contributed by atoms with Gasteiger partial charge < -0.3 is 14.3 Å². The Hall–Kier alpha value is -0.410. The van der Waals surface area contributed by atoms with Gasteiger partial charge in [0.15, 0.2) is 6.29 Å². The van der Waals surface area contributed by atoms with Crippen LogP contribution < -0.4 is 0 Å². The third-order valence-corrected chi connectivity index (χ3v) is 2.93. The van der Waals surface area contributed by atoms with E-state index in [9.17, 15) is 4.79 Å². The SMILES string of the molecule is CC(=O)CCC[C@H](C)CO[C@H]1CCCCO1. The molecule has 1 saturated heterocycles. The maximum absolute atomic E-state index is 10.8. The first-order valence-corrected chi connectivity index (χ1v) is 6.41. The normalized spacial score (nSPS) is 23.0. The van der Waals surface area contributed by atoms with Crippen molar-refractivity contribution in [3.8, 4) is 0 Å². The number of Topliss-reactive ketones (excluding diaryl/α,β-unsaturated/α-hetero) is 1. The highest BCUT2D eigenvalue weighted by Gasteiger charge is 2.15. The number of carbonyl (C=O) groups excluding carboxylic acids is 1. The summed E-state index contributed by atoms with van der Waals surface area (Å²) in [5.41, 5.74) is 0. The topological polar surface area (TPSA) is 35.5 Å². The molecular formula is C13H24O3. The van der Waals surface area contributed by atoms with Gasteiger partial charge in [0.2, 0.25) is 0 Å². The molecule has 1 heterocycles. The number of hydrogen-bond donors (Lipinski definition) is 0. The molecule has 0 unspecified atom stereocenters. The summed E-state index contributed by atoms with van der Waals surface area (Å²) in [5.74, 6) is 0.800. The lowest BCUT2D eigenvalue weighted by Crippen LogP contribution is -2.24. The van der Waals surface area contributed by atoms with Crippen molar-refractivity contribution >= 4 is 5.78 Å². The summed E-state index contributed by atoms with van der Waals surface area (Å²) in [7, 11) is 0. The number of carbonyl (C=O) groups is 1. The van der Waals surface area contributed by atoms with E-state index in [0.29, 0.717) is 12.3 Å². The van der Waals surface area contributed by atoms with E-state index in [2.05, 4.69) is 6.92 Å². The van der Waals surface area contributed by atoms with Gasteiger partial charge in [0, 0.05) is 13.0 Å². The molecule has 0 spiro atoms. The summed E-state index contributed by atoms with van der Waals surface area (Å²) in [6.45, 7) is 5.41. The molecule has 0 radical (unpaired) electrons. The van der Waals surface area contributed by atoms with Crippen molar-refractivity contribution in [2.24, 2.45) is 5.92 Å². The highest BCUT2D eigenvalue weighted by molar-refractivity contribution is 5.75. The fourth-order valence-corrected chi connectivity index (χ4v) is 1.90. The average molecular weight is 228 g/mol. The highest BCUT2D eigenvalue weighted by Crippen LogP contribution is 2.16. The summed E-state index contributed by atoms with van der Waals surface area (Å²) in [4.78, 5) is 10.8. The van der Waals surface area contributed by atoms with E-state index in [1.165, 1.54) is 6.42 Å². The van der Waals surface area contributed by atoms with Crippen LogP contribution in [0.3, 0.4) is 0 Å². The van der Waals surface area contributed by atoms with Gasteiger partial charge in [-0.05, 0) is 44.9 Å². The largest absolute Gasteiger partial charge is 0.353 e. The molecule has 1 rings (SSSR count). The summed E-state index contributed by atoms with van der Waals surface area (Å²) < 4.78 is 11.2. The van der Waals surface area contributed by atoms with Crippen molar-refractivity contribution in [1.82, 2.24) is 0 Å². The Kier molecular flexibility index (Phi) is 6.65. The van der Waals surface area contributed by atoms with Crippen LogP contribution in [0.1, 0.15) is 52.4 Å². The Balaban J connectivity index is 2.00. The first-order valence-electron chi connectivity index (χ1n) is 6.41. The lowest BCUT2D eigenvalue weighted by molar-refractivity contribution is -0.168. The molecule has 0 aromatic rings. The maximum Gasteiger partial charge on any atom is 0.157 e. The van der Waals surface area contributed by atoms with E-state index in [1.54, 1.807) is 6.92 Å². The molecule has 0 amide bonds. The third-order valence-electron chi connectivity index (χ3n) is 2.93. The molecule has 0 N–H and O–H groups in total. The first-order chi connectivity index (χ1) is 7.68. The van der Waals surface area contributed by atoms with Gasteiger partial charge >= 0.3 is 0 Å². The van der Waals surface area contributed by atoms with Crippen LogP contribution >= 0.6 is 0 Å². The fourth-order valence-electron chi connectivity index (χ4n) is 1.90. The van der Waals surface area contributed by atoms with Crippen molar-refractivity contribution in [2.75, 3.05) is 13.2 Å². The fraction of sp³-hybridized carbons (Fsp3) is 0.923. The molecule has 0 saturated carbocycles. The molecule has 0 aromatic carbocycles. The third kappa shape index (κ3) is 6.23. The van der Waals surface area contributed by atoms with Crippen molar-refractivity contribution in [3.05, 3.63) is 0 Å². The second kappa shape index (κ2) is 7.80. The van der Waals surface area contributed by atoms with Gasteiger partial charge in [0.25, 0.3) is 0 Å². The van der Waals surface area contributed by atoms with Gasteiger partial charge in [-0.15, -0.1) is 0 Å². The predicted octanol–water partition coefficient (Wildman–Crippen LogP) is 2.93. The van der Waals surface area contributed by atoms with Gasteiger partial charge in [-0.2, -0.15) is 0 Å². The molecule has 0 bridgehead atoms. The van der Waals surface area contributed by atoms with Crippen LogP contribution in [0.25, 0.3) is 0 Å². The molecule has 1 aliphatic rings. The second-order valence-corrected chi connectivity index (χ2v) is 4.83. The molecule has 0 aliphatic carbocycles. The number of hydrogen-bond acceptors (Lipinski definition) is 3. The predicted molar refractivity (Wildman–Crippen MR) is 63.2 cm³/mol. The Morgan fingerprint density at radius 1 is 1.50 bits per heavy atom. The number of ether oxygens (including phenoxy) is 2. The minimum absolute atomic E-state index is 0.0176. The van der Waals surface area contributed by atoms with Crippen LogP contribution in [-0.2, 0) is 14.3 Å². The molecule has 2 atom stereocenters. The van der Waals surface area contributed by atoms with Crippen molar-refractivity contribution in [3.63, 3.8) is 0 Å². The summed E-state index contributed by atoms with van der Waals surface area (Å²) >= 11 is 0. The molecule has 16 heavy (non-hydrogen) atoms. The summed E-state index contributed by atoms with van der Waals surface area (Å²) in [6, 6.07) is 0. The smallest absolute Gasteiger partial charge is 0.157 e. The molecule has 1 fully saturated rings. The van der Waals surface area contributed by atoms with Crippen molar-refractivity contribution in [1.29, 1.82) is 0 Å². The van der Waals surface area contributed by atoms with Gasteiger partial charge in [0.1, 0.15) is 5.78 Å². The zero-order chi connectivity index (χ0) is 11.8. The van der Waals surface area contributed by atoms with Crippen LogP contribution in [0.5, 0.6) is 0 Å². The van der Waals surface area contributed by atoms with E-state index in [-0.39, 0.29) is 12.1 Å². The van der Waals surface area contributed by atoms with Crippen LogP contribution in [0.15, 0.2) is 0 Å². The van der Waals surface area contributed by atoms with Crippen LogP contribution in [0.4, 0.5) is 0 Å². The van der Waals surface area contributed by atoms with Crippen molar-refractivity contribution < 1.29 is 14.3 Å². The minimum atomic E-state index is 0.0176. The zero-order valence-electron chi connectivity index (χ0n) is 10.5. The first kappa shape index (κ1) is 13.7. The summed E-state index contributed by atoms with van der Waals surface area (Å²) in [6.07, 6.45) is 6.16. The second-order valence-electron chi connectivity index (χ2n) is 4.83. The van der Waals surface area contributed by atoms with Crippen LogP contribution in [0, 0.1) is 5.92 Å². The van der Waals surface area contributed by atoms with Crippen LogP contribution in [0.2, 0.25) is 0 Å². The maximum atomic E-state index is 10.8. The Morgan fingerprint density at radius 3 is 2.94 bits per heavy atom. The lowest BCUT2D eigenvalue weighted by Gasteiger charge is -2.24. The Morgan fingerprint density at radius 2 is 2.31 bits per heavy atom. The van der Waals surface area contributed by atoms with E-state index in [0.717, 1.165) is 38.9 Å². The molecule has 3 heteroatoms. The number of ketones is 1. The molecular weight excluding hydrogens is 204 g/mol. The van der Waals surface area contributed by atoms with Gasteiger partial charge in [-0.25, -0.2) is 0 Å². The molecule has 94 valence electrons. The van der Waals surface area contributed by atoms with Gasteiger partial charge in [-0.1, -0.05) is 6.92 Å². The average Bonchev–Trinajstić information content (AvgIpc) is 2.27. The van der Waals surface area contributed by atoms with Crippen LogP contribution in [-0.4, -0.2) is 25.3 Å². The zero-order valence-corrected chi connectivity index (χ0v) is 10.5. The summed E-state index contributed by atoms with van der Waals surface area (Å²) in [5, 5.41) is 0. The minimum Gasteiger partial charge on any atom is -0.353 e. The number of rotatable bonds is 7. The van der Waals surface area contributed by atoms with E-state index in [1.807, 2.05) is 0 Å². The molecule has 0 aromatic heterocycles. The molecule has 1 aliphatic heterocycles.